The number of hydrogen-bond donors (Lipinski definition) is 1. The minimum absolute atomic E-state index is 0.0426. The lowest BCUT2D eigenvalue weighted by Crippen LogP contribution is -2.52. The number of methoxy groups -OCH3 is 1. The first-order valence-corrected chi connectivity index (χ1v) is 16.2. The van der Waals surface area contributed by atoms with E-state index in [1.54, 1.807) is 36.3 Å². The molecule has 0 aliphatic heterocycles. The summed E-state index contributed by atoms with van der Waals surface area (Å²) in [5.41, 5.74) is 3.43. The lowest BCUT2D eigenvalue weighted by atomic mass is 10.0. The first-order chi connectivity index (χ1) is 20.0. The summed E-state index contributed by atoms with van der Waals surface area (Å²) in [6.07, 6.45) is 2.64. The summed E-state index contributed by atoms with van der Waals surface area (Å²) in [7, 11) is -2.05. The quantitative estimate of drug-likeness (QED) is 0.264. The SMILES string of the molecule is CC[C@H](C)NC(=O)[C@@H](Cc1ccccc1)N(Cc1ccccc1C)C(=O)CCCN(c1ccc(OC)cc1)S(C)(=O)=O. The molecule has 42 heavy (non-hydrogen) atoms. The molecule has 226 valence electrons. The fourth-order valence-electron chi connectivity index (χ4n) is 4.72. The van der Waals surface area contributed by atoms with E-state index < -0.39 is 16.1 Å². The van der Waals surface area contributed by atoms with Crippen molar-refractivity contribution in [2.75, 3.05) is 24.2 Å². The van der Waals surface area contributed by atoms with Crippen LogP contribution in [0.2, 0.25) is 0 Å². The van der Waals surface area contributed by atoms with Crippen LogP contribution in [0.1, 0.15) is 49.8 Å². The van der Waals surface area contributed by atoms with Crippen LogP contribution < -0.4 is 14.4 Å². The molecular formula is C33H43N3O5S. The van der Waals surface area contributed by atoms with Crippen LogP contribution in [0.3, 0.4) is 0 Å². The Bertz CT molecular complexity index is 1410. The van der Waals surface area contributed by atoms with E-state index in [0.717, 1.165) is 29.4 Å². The molecule has 0 aromatic heterocycles. The summed E-state index contributed by atoms with van der Waals surface area (Å²) >= 11 is 0. The van der Waals surface area contributed by atoms with Crippen LogP contribution in [0.5, 0.6) is 5.75 Å². The molecule has 0 radical (unpaired) electrons. The van der Waals surface area contributed by atoms with E-state index in [2.05, 4.69) is 5.32 Å². The van der Waals surface area contributed by atoms with Crippen LogP contribution in [-0.4, -0.2) is 57.1 Å². The number of aryl methyl sites for hydroxylation is 1. The van der Waals surface area contributed by atoms with Gasteiger partial charge in [-0.2, -0.15) is 0 Å². The Labute approximate surface area is 250 Å². The molecule has 3 aromatic carbocycles. The third-order valence-corrected chi connectivity index (χ3v) is 8.58. The number of benzene rings is 3. The zero-order valence-corrected chi connectivity index (χ0v) is 26.1. The Balaban J connectivity index is 1.89. The van der Waals surface area contributed by atoms with E-state index in [1.165, 1.54) is 4.31 Å². The number of amides is 2. The van der Waals surface area contributed by atoms with Gasteiger partial charge in [0, 0.05) is 32.0 Å². The fourth-order valence-corrected chi connectivity index (χ4v) is 5.68. The molecule has 0 aliphatic rings. The molecule has 1 N–H and O–H groups in total. The highest BCUT2D eigenvalue weighted by molar-refractivity contribution is 7.92. The van der Waals surface area contributed by atoms with Crippen molar-refractivity contribution in [1.29, 1.82) is 0 Å². The molecule has 9 heteroatoms. The molecule has 3 rings (SSSR count). The van der Waals surface area contributed by atoms with Crippen LogP contribution in [-0.2, 0) is 32.6 Å². The van der Waals surface area contributed by atoms with E-state index in [1.807, 2.05) is 75.4 Å². The lowest BCUT2D eigenvalue weighted by molar-refractivity contribution is -0.141. The smallest absolute Gasteiger partial charge is 0.243 e. The molecule has 0 bridgehead atoms. The fraction of sp³-hybridized carbons (Fsp3) is 0.394. The maximum Gasteiger partial charge on any atom is 0.243 e. The molecule has 0 fully saturated rings. The summed E-state index contributed by atoms with van der Waals surface area (Å²) in [6, 6.07) is 23.5. The van der Waals surface area contributed by atoms with Crippen molar-refractivity contribution in [3.63, 3.8) is 0 Å². The van der Waals surface area contributed by atoms with Crippen molar-refractivity contribution in [2.24, 2.45) is 0 Å². The minimum Gasteiger partial charge on any atom is -0.497 e. The van der Waals surface area contributed by atoms with Crippen molar-refractivity contribution in [2.45, 2.75) is 65.1 Å². The van der Waals surface area contributed by atoms with Gasteiger partial charge in [-0.25, -0.2) is 8.42 Å². The summed E-state index contributed by atoms with van der Waals surface area (Å²) in [5.74, 6) is 0.210. The molecular weight excluding hydrogens is 550 g/mol. The third-order valence-electron chi connectivity index (χ3n) is 7.39. The van der Waals surface area contributed by atoms with Gasteiger partial charge in [0.2, 0.25) is 21.8 Å². The molecule has 0 unspecified atom stereocenters. The van der Waals surface area contributed by atoms with Crippen molar-refractivity contribution >= 4 is 27.5 Å². The highest BCUT2D eigenvalue weighted by Crippen LogP contribution is 2.23. The number of anilines is 1. The summed E-state index contributed by atoms with van der Waals surface area (Å²) in [4.78, 5) is 29.3. The molecule has 0 saturated heterocycles. The average Bonchev–Trinajstić information content (AvgIpc) is 2.97. The van der Waals surface area contributed by atoms with Gasteiger partial charge >= 0.3 is 0 Å². The van der Waals surface area contributed by atoms with E-state index in [4.69, 9.17) is 4.74 Å². The number of sulfonamides is 1. The zero-order chi connectivity index (χ0) is 30.7. The summed E-state index contributed by atoms with van der Waals surface area (Å²) in [5, 5.41) is 3.08. The average molecular weight is 594 g/mol. The Morgan fingerprint density at radius 2 is 1.60 bits per heavy atom. The predicted molar refractivity (Wildman–Crippen MR) is 168 cm³/mol. The molecule has 0 saturated carbocycles. The van der Waals surface area contributed by atoms with Gasteiger partial charge in [-0.15, -0.1) is 0 Å². The van der Waals surface area contributed by atoms with Crippen LogP contribution >= 0.6 is 0 Å². The molecule has 2 atom stereocenters. The van der Waals surface area contributed by atoms with Crippen LogP contribution in [0.4, 0.5) is 5.69 Å². The summed E-state index contributed by atoms with van der Waals surface area (Å²) in [6.45, 7) is 6.33. The van der Waals surface area contributed by atoms with E-state index in [9.17, 15) is 18.0 Å². The number of rotatable bonds is 15. The normalized spacial score (nSPS) is 12.7. The van der Waals surface area contributed by atoms with E-state index in [-0.39, 0.29) is 43.8 Å². The Kier molecular flexibility index (Phi) is 12.0. The number of carbonyl (C=O) groups is 2. The Hall–Kier alpha value is -3.85. The maximum absolute atomic E-state index is 14.0. The first-order valence-electron chi connectivity index (χ1n) is 14.3. The van der Waals surface area contributed by atoms with Crippen molar-refractivity contribution in [3.05, 3.63) is 95.6 Å². The second kappa shape index (κ2) is 15.4. The molecule has 8 nitrogen and oxygen atoms in total. The van der Waals surface area contributed by atoms with Gasteiger partial charge in [0.1, 0.15) is 11.8 Å². The van der Waals surface area contributed by atoms with Gasteiger partial charge in [-0.1, -0.05) is 61.5 Å². The van der Waals surface area contributed by atoms with Gasteiger partial charge in [-0.05, 0) is 67.6 Å². The standard InChI is InChI=1S/C33H43N3O5S/c1-6-26(3)34-33(38)31(23-27-14-8-7-9-15-27)35(24-28-16-11-10-13-25(28)2)32(37)17-12-22-36(42(5,39)40)29-18-20-30(41-4)21-19-29/h7-11,13-16,18-21,26,31H,6,12,17,22-24H2,1-5H3,(H,34,38)/t26-,31+/m0/s1. The van der Waals surface area contributed by atoms with Crippen molar-refractivity contribution in [1.82, 2.24) is 10.2 Å². The topological polar surface area (TPSA) is 96.0 Å². The Morgan fingerprint density at radius 3 is 2.19 bits per heavy atom. The zero-order valence-electron chi connectivity index (χ0n) is 25.2. The predicted octanol–water partition coefficient (Wildman–Crippen LogP) is 5.10. The minimum atomic E-state index is -3.59. The molecule has 0 heterocycles. The van der Waals surface area contributed by atoms with Gasteiger partial charge in [0.05, 0.1) is 19.1 Å². The number of nitrogens with one attached hydrogen (secondary N) is 1. The lowest BCUT2D eigenvalue weighted by Gasteiger charge is -2.33. The first kappa shape index (κ1) is 32.7. The number of carbonyl (C=O) groups excluding carboxylic acids is 2. The van der Waals surface area contributed by atoms with Crippen LogP contribution in [0.25, 0.3) is 0 Å². The Morgan fingerprint density at radius 1 is 0.952 bits per heavy atom. The largest absolute Gasteiger partial charge is 0.497 e. The van der Waals surface area contributed by atoms with Gasteiger partial charge in [0.15, 0.2) is 0 Å². The second-order valence-corrected chi connectivity index (χ2v) is 12.5. The highest BCUT2D eigenvalue weighted by Gasteiger charge is 2.31. The third kappa shape index (κ3) is 9.34. The number of hydrogen-bond acceptors (Lipinski definition) is 5. The van der Waals surface area contributed by atoms with E-state index >= 15 is 0 Å². The van der Waals surface area contributed by atoms with Gasteiger partial charge in [0.25, 0.3) is 0 Å². The summed E-state index contributed by atoms with van der Waals surface area (Å²) < 4.78 is 31.8. The second-order valence-electron chi connectivity index (χ2n) is 10.6. The van der Waals surface area contributed by atoms with Gasteiger partial charge < -0.3 is 15.0 Å². The van der Waals surface area contributed by atoms with Gasteiger partial charge in [-0.3, -0.25) is 13.9 Å². The van der Waals surface area contributed by atoms with Crippen molar-refractivity contribution < 1.29 is 22.7 Å². The molecule has 3 aromatic rings. The number of nitrogens with zero attached hydrogens (tertiary/aromatic N) is 2. The maximum atomic E-state index is 14.0. The van der Waals surface area contributed by atoms with Crippen LogP contribution in [0.15, 0.2) is 78.9 Å². The van der Waals surface area contributed by atoms with Crippen molar-refractivity contribution in [3.8, 4) is 5.75 Å². The van der Waals surface area contributed by atoms with E-state index in [0.29, 0.717) is 17.9 Å². The molecule has 0 spiro atoms. The highest BCUT2D eigenvalue weighted by atomic mass is 32.2. The number of ether oxygens (including phenoxy) is 1. The molecule has 2 amide bonds. The van der Waals surface area contributed by atoms with Crippen LogP contribution in [0, 0.1) is 6.92 Å². The monoisotopic (exact) mass is 593 g/mol. The molecule has 0 aliphatic carbocycles.